The maximum absolute atomic E-state index is 7.33. The first-order valence-corrected chi connectivity index (χ1v) is 21.6. The molecule has 0 unspecified atom stereocenters. The van der Waals surface area contributed by atoms with Crippen LogP contribution in [0.25, 0.3) is 0 Å². The molecule has 0 bridgehead atoms. The quantitative estimate of drug-likeness (QED) is 0.149. The molecule has 2 aromatic carbocycles. The van der Waals surface area contributed by atoms with E-state index in [1.807, 2.05) is 0 Å². The molecule has 2 rings (SSSR count). The van der Waals surface area contributed by atoms with Crippen molar-refractivity contribution in [2.24, 2.45) is 0 Å². The molecule has 0 aliphatic heterocycles. The van der Waals surface area contributed by atoms with Crippen molar-refractivity contribution >= 4 is 55.6 Å². The molecule has 34 heavy (non-hydrogen) atoms. The SMILES string of the molecule is CCC[Si](CCC)(CCC)c1cccc(P(Cl)c2cccc([Si](CCC)(CCC)CCC)c2)c1. The van der Waals surface area contributed by atoms with Gasteiger partial charge in [0.15, 0.2) is 0 Å². The fourth-order valence-corrected chi connectivity index (χ4v) is 19.5. The predicted molar refractivity (Wildman–Crippen MR) is 166 cm³/mol. The minimum absolute atomic E-state index is 0.836. The van der Waals surface area contributed by atoms with Crippen LogP contribution in [0, 0.1) is 0 Å². The lowest BCUT2D eigenvalue weighted by molar-refractivity contribution is 0.937. The van der Waals surface area contributed by atoms with Crippen LogP contribution in [0.15, 0.2) is 48.5 Å². The molecule has 0 atom stereocenters. The van der Waals surface area contributed by atoms with Gasteiger partial charge in [-0.25, -0.2) is 0 Å². The van der Waals surface area contributed by atoms with Gasteiger partial charge in [0.1, 0.15) is 0 Å². The van der Waals surface area contributed by atoms with Crippen molar-refractivity contribution in [2.75, 3.05) is 0 Å². The molecule has 0 fully saturated rings. The monoisotopic (exact) mass is 532 g/mol. The third-order valence-corrected chi connectivity index (χ3v) is 22.2. The van der Waals surface area contributed by atoms with Gasteiger partial charge in [-0.2, -0.15) is 0 Å². The van der Waals surface area contributed by atoms with Crippen LogP contribution in [0.2, 0.25) is 36.3 Å². The lowest BCUT2D eigenvalue weighted by Crippen LogP contribution is -2.48. The first-order chi connectivity index (χ1) is 16.5. The highest BCUT2D eigenvalue weighted by molar-refractivity contribution is 7.95. The molecule has 0 spiro atoms. The van der Waals surface area contributed by atoms with Crippen LogP contribution in [0.4, 0.5) is 0 Å². The average molecular weight is 533 g/mol. The second-order valence-corrected chi connectivity index (χ2v) is 22.3. The molecule has 190 valence electrons. The fourth-order valence-electron chi connectivity index (χ4n) is 6.55. The van der Waals surface area contributed by atoms with Gasteiger partial charge in [-0.15, -0.1) is 0 Å². The van der Waals surface area contributed by atoms with Crippen molar-refractivity contribution in [3.63, 3.8) is 0 Å². The molecule has 0 aromatic heterocycles. The molecule has 2 aromatic rings. The van der Waals surface area contributed by atoms with Crippen molar-refractivity contribution in [2.45, 2.75) is 116 Å². The summed E-state index contributed by atoms with van der Waals surface area (Å²) in [6.45, 7) is 14.2. The van der Waals surface area contributed by atoms with Crippen LogP contribution in [-0.4, -0.2) is 16.1 Å². The Labute approximate surface area is 219 Å². The molecule has 0 radical (unpaired) electrons. The van der Waals surface area contributed by atoms with Gasteiger partial charge in [-0.1, -0.05) is 186 Å². The third-order valence-electron chi connectivity index (χ3n) is 7.74. The minimum atomic E-state index is -1.46. The van der Waals surface area contributed by atoms with Gasteiger partial charge < -0.3 is 0 Å². The summed E-state index contributed by atoms with van der Waals surface area (Å²) in [6.07, 6.45) is 7.79. The summed E-state index contributed by atoms with van der Waals surface area (Å²) in [7, 11) is -3.76. The zero-order valence-electron chi connectivity index (χ0n) is 22.9. The Morgan fingerprint density at radius 3 is 1.09 bits per heavy atom. The van der Waals surface area contributed by atoms with Crippen LogP contribution in [0.3, 0.4) is 0 Å². The summed E-state index contributed by atoms with van der Waals surface area (Å²) in [4.78, 5) is 0. The minimum Gasteiger partial charge on any atom is -0.0859 e. The average Bonchev–Trinajstić information content (AvgIpc) is 2.84. The van der Waals surface area contributed by atoms with Crippen molar-refractivity contribution in [1.82, 2.24) is 0 Å². The number of hydrogen-bond acceptors (Lipinski definition) is 0. The Hall–Kier alpha value is -0.406. The largest absolute Gasteiger partial charge is 0.0867 e. The lowest BCUT2D eigenvalue weighted by atomic mass is 10.3. The van der Waals surface area contributed by atoms with Gasteiger partial charge in [-0.05, 0) is 10.6 Å². The van der Waals surface area contributed by atoms with Crippen LogP contribution in [0.5, 0.6) is 0 Å². The van der Waals surface area contributed by atoms with E-state index in [-0.39, 0.29) is 0 Å². The number of rotatable bonds is 16. The Morgan fingerprint density at radius 1 is 0.529 bits per heavy atom. The van der Waals surface area contributed by atoms with E-state index < -0.39 is 23.4 Å². The second-order valence-electron chi connectivity index (χ2n) is 10.4. The van der Waals surface area contributed by atoms with Crippen LogP contribution in [0.1, 0.15) is 80.1 Å². The van der Waals surface area contributed by atoms with E-state index >= 15 is 0 Å². The summed E-state index contributed by atoms with van der Waals surface area (Å²) >= 11 is 7.33. The van der Waals surface area contributed by atoms with Crippen molar-refractivity contribution in [1.29, 1.82) is 0 Å². The summed E-state index contributed by atoms with van der Waals surface area (Å²) in [5, 5.41) is 6.04. The van der Waals surface area contributed by atoms with E-state index in [1.54, 1.807) is 10.4 Å². The Kier molecular flexibility index (Phi) is 13.1. The highest BCUT2D eigenvalue weighted by atomic mass is 35.7. The number of halogens is 1. The van der Waals surface area contributed by atoms with Gasteiger partial charge in [0, 0.05) is 0 Å². The number of hydrogen-bond donors (Lipinski definition) is 0. The molecule has 0 saturated heterocycles. The topological polar surface area (TPSA) is 0 Å². The summed E-state index contributed by atoms with van der Waals surface area (Å²) in [6, 6.07) is 27.6. The molecule has 0 aliphatic carbocycles. The number of benzene rings is 2. The van der Waals surface area contributed by atoms with Gasteiger partial charge >= 0.3 is 0 Å². The Balaban J connectivity index is 2.48. The molecular formula is C30H50ClPSi2. The lowest BCUT2D eigenvalue weighted by Gasteiger charge is -2.33. The van der Waals surface area contributed by atoms with Crippen molar-refractivity contribution < 1.29 is 0 Å². The van der Waals surface area contributed by atoms with E-state index in [2.05, 4.69) is 90.1 Å². The zero-order chi connectivity index (χ0) is 25.0. The highest BCUT2D eigenvalue weighted by Crippen LogP contribution is 2.39. The van der Waals surface area contributed by atoms with E-state index in [4.69, 9.17) is 11.2 Å². The molecule has 0 amide bonds. The van der Waals surface area contributed by atoms with Crippen molar-refractivity contribution in [3.8, 4) is 0 Å². The molecular weight excluding hydrogens is 483 g/mol. The summed E-state index contributed by atoms with van der Waals surface area (Å²) in [5.41, 5.74) is 0. The van der Waals surface area contributed by atoms with Gasteiger partial charge in [0.25, 0.3) is 0 Å². The Bertz CT molecular complexity index is 750. The standard InChI is InChI=1S/C30H50ClPSi2/c1-7-19-33(20-8-2,21-9-3)29-17-13-15-27(25-29)32(31)28-16-14-18-30(26-28)34(22-10-4,23-11-5)24-12-6/h13-18,25-26H,7-12,19-24H2,1-6H3. The maximum atomic E-state index is 7.33. The maximum Gasteiger partial charge on any atom is 0.0867 e. The van der Waals surface area contributed by atoms with E-state index in [0.29, 0.717) is 0 Å². The summed E-state index contributed by atoms with van der Waals surface area (Å²) < 4.78 is 0. The fraction of sp³-hybridized carbons (Fsp3) is 0.600. The van der Waals surface area contributed by atoms with Crippen molar-refractivity contribution in [3.05, 3.63) is 48.5 Å². The van der Waals surface area contributed by atoms with Crippen LogP contribution in [-0.2, 0) is 0 Å². The van der Waals surface area contributed by atoms with Gasteiger partial charge in [-0.3, -0.25) is 0 Å². The molecule has 0 saturated carbocycles. The van der Waals surface area contributed by atoms with E-state index in [0.717, 1.165) is 0 Å². The van der Waals surface area contributed by atoms with Gasteiger partial charge in [0.2, 0.25) is 0 Å². The predicted octanol–water partition coefficient (Wildman–Crippen LogP) is 9.04. The second kappa shape index (κ2) is 15.0. The van der Waals surface area contributed by atoms with Gasteiger partial charge in [0.05, 0.1) is 23.4 Å². The van der Waals surface area contributed by atoms with E-state index in [1.165, 1.54) is 85.4 Å². The third kappa shape index (κ3) is 7.31. The van der Waals surface area contributed by atoms with Crippen LogP contribution >= 0.6 is 18.5 Å². The normalized spacial score (nSPS) is 12.5. The smallest absolute Gasteiger partial charge is 0.0859 e. The molecule has 4 heteroatoms. The zero-order valence-corrected chi connectivity index (χ0v) is 26.6. The highest BCUT2D eigenvalue weighted by Gasteiger charge is 2.34. The first-order valence-electron chi connectivity index (χ1n) is 14.1. The molecule has 0 N–H and O–H groups in total. The molecule has 0 nitrogen and oxygen atoms in total. The molecule has 0 aliphatic rings. The first kappa shape index (κ1) is 29.8. The van der Waals surface area contributed by atoms with E-state index in [9.17, 15) is 0 Å². The Morgan fingerprint density at radius 2 is 0.824 bits per heavy atom. The van der Waals surface area contributed by atoms with Crippen LogP contribution < -0.4 is 21.0 Å². The molecule has 0 heterocycles. The summed E-state index contributed by atoms with van der Waals surface area (Å²) in [5.74, 6) is 0.